The molecule has 0 aliphatic rings. The quantitative estimate of drug-likeness (QED) is 0.323. The summed E-state index contributed by atoms with van der Waals surface area (Å²) in [4.78, 5) is 15.7. The number of carbonyl (C=O) groups is 1. The van der Waals surface area contributed by atoms with Crippen molar-refractivity contribution in [3.63, 3.8) is 0 Å². The molecule has 0 aromatic carbocycles. The van der Waals surface area contributed by atoms with Gasteiger partial charge in [-0.05, 0) is 20.8 Å². The molecule has 0 saturated carbocycles. The van der Waals surface area contributed by atoms with Gasteiger partial charge >= 0.3 is 6.09 Å². The summed E-state index contributed by atoms with van der Waals surface area (Å²) in [5.41, 5.74) is -0.494. The lowest BCUT2D eigenvalue weighted by molar-refractivity contribution is -0.0111. The second-order valence-corrected chi connectivity index (χ2v) is 5.75. The molecule has 1 amide bonds. The number of hydrogen-bond acceptors (Lipinski definition) is 8. The van der Waals surface area contributed by atoms with Crippen LogP contribution in [0.4, 0.5) is 4.79 Å². The Morgan fingerprint density at radius 3 is 1.62 bits per heavy atom. The summed E-state index contributed by atoms with van der Waals surface area (Å²) in [6.07, 6.45) is -0.445. The monoisotopic (exact) mass is 352 g/mol. The third kappa shape index (κ3) is 19.1. The molecule has 24 heavy (non-hydrogen) atoms. The molecular formula is C15H32N2O7. The third-order valence-electron chi connectivity index (χ3n) is 2.38. The predicted octanol–water partition coefficient (Wildman–Crippen LogP) is 0.468. The van der Waals surface area contributed by atoms with Crippen molar-refractivity contribution in [2.75, 3.05) is 66.0 Å². The van der Waals surface area contributed by atoms with E-state index in [-0.39, 0.29) is 0 Å². The Labute approximate surface area is 144 Å². The number of nitrogens with one attached hydrogen (secondary N) is 1. The summed E-state index contributed by atoms with van der Waals surface area (Å²) >= 11 is 0. The number of alkyl carbamates (subject to hydrolysis) is 1. The summed E-state index contributed by atoms with van der Waals surface area (Å²) in [5, 5.41) is 2.61. The summed E-state index contributed by atoms with van der Waals surface area (Å²) in [6.45, 7) is 9.98. The Bertz CT molecular complexity index is 298. The molecule has 3 N–H and O–H groups in total. The number of hydrogen-bond donors (Lipinski definition) is 2. The van der Waals surface area contributed by atoms with Crippen molar-refractivity contribution in [1.29, 1.82) is 0 Å². The van der Waals surface area contributed by atoms with E-state index in [1.807, 2.05) is 20.8 Å². The molecule has 0 rings (SSSR count). The molecule has 0 unspecified atom stereocenters. The van der Waals surface area contributed by atoms with Crippen molar-refractivity contribution in [2.45, 2.75) is 26.4 Å². The van der Waals surface area contributed by atoms with Crippen LogP contribution in [0.3, 0.4) is 0 Å². The Kier molecular flexibility index (Phi) is 14.9. The van der Waals surface area contributed by atoms with E-state index in [9.17, 15) is 4.79 Å². The molecule has 0 aromatic rings. The number of nitrogens with two attached hydrogens (primary N) is 1. The molecular weight excluding hydrogens is 320 g/mol. The average molecular weight is 352 g/mol. The molecule has 0 aromatic heterocycles. The zero-order valence-electron chi connectivity index (χ0n) is 15.0. The summed E-state index contributed by atoms with van der Waals surface area (Å²) in [5.74, 6) is 4.85. The van der Waals surface area contributed by atoms with E-state index in [4.69, 9.17) is 29.6 Å². The van der Waals surface area contributed by atoms with Gasteiger partial charge in [-0.3, -0.25) is 0 Å². The average Bonchev–Trinajstić information content (AvgIpc) is 2.49. The molecule has 0 heterocycles. The first-order valence-electron chi connectivity index (χ1n) is 8.05. The molecule has 0 aliphatic heterocycles. The molecule has 0 fully saturated rings. The minimum atomic E-state index is -0.494. The van der Waals surface area contributed by atoms with Crippen molar-refractivity contribution < 1.29 is 33.3 Å². The van der Waals surface area contributed by atoms with Crippen LogP contribution in [-0.2, 0) is 28.5 Å². The summed E-state index contributed by atoms with van der Waals surface area (Å²) in [7, 11) is 0. The molecule has 0 saturated heterocycles. The van der Waals surface area contributed by atoms with Crippen LogP contribution in [0.1, 0.15) is 20.8 Å². The third-order valence-corrected chi connectivity index (χ3v) is 2.38. The van der Waals surface area contributed by atoms with E-state index in [0.29, 0.717) is 66.0 Å². The fourth-order valence-corrected chi connectivity index (χ4v) is 1.41. The van der Waals surface area contributed by atoms with Crippen molar-refractivity contribution in [3.05, 3.63) is 0 Å². The molecule has 0 bridgehead atoms. The maximum Gasteiger partial charge on any atom is 0.407 e. The van der Waals surface area contributed by atoms with E-state index < -0.39 is 11.7 Å². The van der Waals surface area contributed by atoms with Crippen molar-refractivity contribution >= 4 is 6.09 Å². The van der Waals surface area contributed by atoms with Crippen LogP contribution in [0, 0.1) is 0 Å². The minimum Gasteiger partial charge on any atom is -0.444 e. The van der Waals surface area contributed by atoms with Gasteiger partial charge in [-0.1, -0.05) is 0 Å². The van der Waals surface area contributed by atoms with Crippen LogP contribution in [0.15, 0.2) is 0 Å². The fourth-order valence-electron chi connectivity index (χ4n) is 1.41. The lowest BCUT2D eigenvalue weighted by atomic mass is 10.2. The van der Waals surface area contributed by atoms with Crippen LogP contribution in [0.2, 0.25) is 0 Å². The highest BCUT2D eigenvalue weighted by Crippen LogP contribution is 2.05. The predicted molar refractivity (Wildman–Crippen MR) is 87.7 cm³/mol. The molecule has 0 aliphatic carbocycles. The van der Waals surface area contributed by atoms with Gasteiger partial charge in [0.25, 0.3) is 0 Å². The van der Waals surface area contributed by atoms with E-state index in [2.05, 4.69) is 10.2 Å². The van der Waals surface area contributed by atoms with Crippen LogP contribution in [0.25, 0.3) is 0 Å². The number of rotatable bonds is 15. The number of amides is 1. The number of ether oxygens (including phenoxy) is 5. The molecule has 144 valence electrons. The normalized spacial score (nSPS) is 11.5. The fraction of sp³-hybridized carbons (Fsp3) is 0.933. The van der Waals surface area contributed by atoms with Gasteiger partial charge in [0.15, 0.2) is 0 Å². The smallest absolute Gasteiger partial charge is 0.407 e. The summed E-state index contributed by atoms with van der Waals surface area (Å²) < 4.78 is 26.2. The van der Waals surface area contributed by atoms with Gasteiger partial charge in [-0.15, -0.1) is 0 Å². The molecule has 0 radical (unpaired) electrons. The van der Waals surface area contributed by atoms with Gasteiger partial charge in [-0.25, -0.2) is 10.7 Å². The van der Waals surface area contributed by atoms with Crippen LogP contribution in [-0.4, -0.2) is 77.7 Å². The molecule has 9 nitrogen and oxygen atoms in total. The topological polar surface area (TPSA) is 111 Å². The zero-order chi connectivity index (χ0) is 18.1. The first kappa shape index (κ1) is 23.0. The SMILES string of the molecule is CC(C)(C)OC(=O)NCCOCCOCCOCCOCCON. The largest absolute Gasteiger partial charge is 0.444 e. The number of carbonyl (C=O) groups excluding carboxylic acids is 1. The van der Waals surface area contributed by atoms with Crippen LogP contribution >= 0.6 is 0 Å². The van der Waals surface area contributed by atoms with E-state index in [1.165, 1.54) is 0 Å². The standard InChI is InChI=1S/C15H32N2O7/c1-15(2,3)24-14(18)17-4-5-19-6-7-20-8-9-21-10-11-22-12-13-23-16/h4-13,16H2,1-3H3,(H,17,18). The van der Waals surface area contributed by atoms with Gasteiger partial charge in [-0.2, -0.15) is 0 Å². The Hall–Kier alpha value is -0.970. The Morgan fingerprint density at radius 2 is 1.21 bits per heavy atom. The highest BCUT2D eigenvalue weighted by Gasteiger charge is 2.15. The van der Waals surface area contributed by atoms with Crippen LogP contribution < -0.4 is 11.2 Å². The van der Waals surface area contributed by atoms with Gasteiger partial charge in [0.1, 0.15) is 5.60 Å². The van der Waals surface area contributed by atoms with Gasteiger partial charge < -0.3 is 33.8 Å². The van der Waals surface area contributed by atoms with Crippen molar-refractivity contribution in [1.82, 2.24) is 5.32 Å². The Balaban J connectivity index is 3.14. The van der Waals surface area contributed by atoms with Crippen LogP contribution in [0.5, 0.6) is 0 Å². The maximum atomic E-state index is 11.3. The Morgan fingerprint density at radius 1 is 0.792 bits per heavy atom. The minimum absolute atomic E-state index is 0.371. The second-order valence-electron chi connectivity index (χ2n) is 5.75. The zero-order valence-corrected chi connectivity index (χ0v) is 15.0. The van der Waals surface area contributed by atoms with Gasteiger partial charge in [0, 0.05) is 6.54 Å². The van der Waals surface area contributed by atoms with E-state index >= 15 is 0 Å². The molecule has 0 spiro atoms. The van der Waals surface area contributed by atoms with Crippen molar-refractivity contribution in [3.8, 4) is 0 Å². The lowest BCUT2D eigenvalue weighted by Gasteiger charge is -2.19. The maximum absolute atomic E-state index is 11.3. The highest BCUT2D eigenvalue weighted by molar-refractivity contribution is 5.67. The lowest BCUT2D eigenvalue weighted by Crippen LogP contribution is -2.34. The summed E-state index contributed by atoms with van der Waals surface area (Å²) in [6, 6.07) is 0. The van der Waals surface area contributed by atoms with E-state index in [1.54, 1.807) is 0 Å². The highest BCUT2D eigenvalue weighted by atomic mass is 16.6. The first-order valence-corrected chi connectivity index (χ1v) is 8.05. The molecule has 9 heteroatoms. The van der Waals surface area contributed by atoms with Gasteiger partial charge in [0.05, 0.1) is 59.5 Å². The van der Waals surface area contributed by atoms with Gasteiger partial charge in [0.2, 0.25) is 0 Å². The second kappa shape index (κ2) is 15.6. The molecule has 0 atom stereocenters. The van der Waals surface area contributed by atoms with E-state index in [0.717, 1.165) is 0 Å². The van der Waals surface area contributed by atoms with Crippen molar-refractivity contribution in [2.24, 2.45) is 5.90 Å². The first-order chi connectivity index (χ1) is 11.5.